The van der Waals surface area contributed by atoms with Crippen LogP contribution in [-0.4, -0.2) is 27.8 Å². The molecule has 2 unspecified atom stereocenters. The van der Waals surface area contributed by atoms with Gasteiger partial charge in [0.2, 0.25) is 0 Å². The molecule has 0 spiro atoms. The van der Waals surface area contributed by atoms with Crippen molar-refractivity contribution >= 4 is 29.0 Å². The number of fused-ring (bicyclic) bond motifs is 3. The van der Waals surface area contributed by atoms with Gasteiger partial charge in [-0.25, -0.2) is 4.79 Å². The van der Waals surface area contributed by atoms with Crippen molar-refractivity contribution in [3.63, 3.8) is 0 Å². The van der Waals surface area contributed by atoms with Crippen molar-refractivity contribution in [2.24, 2.45) is 16.9 Å². The molecule has 3 aliphatic rings. The molecule has 5 rings (SSSR count). The molecule has 2 aromatic rings. The minimum Gasteiger partial charge on any atom is -0.478 e. The van der Waals surface area contributed by atoms with Gasteiger partial charge in [0.25, 0.3) is 0 Å². The lowest BCUT2D eigenvalue weighted by Crippen LogP contribution is -2.40. The van der Waals surface area contributed by atoms with E-state index in [1.54, 1.807) is 12.1 Å². The molecule has 1 aliphatic heterocycles. The van der Waals surface area contributed by atoms with Crippen LogP contribution >= 0.6 is 11.6 Å². The van der Waals surface area contributed by atoms with E-state index in [1.165, 1.54) is 31.9 Å². The van der Waals surface area contributed by atoms with Gasteiger partial charge in [0.1, 0.15) is 6.07 Å². The van der Waals surface area contributed by atoms with Crippen LogP contribution in [0.5, 0.6) is 0 Å². The van der Waals surface area contributed by atoms with Crippen molar-refractivity contribution in [2.75, 3.05) is 5.01 Å². The molecule has 0 amide bonds. The Morgan fingerprint density at radius 2 is 2.03 bits per heavy atom. The predicted octanol–water partition coefficient (Wildman–Crippen LogP) is 4.65. The Labute approximate surface area is 179 Å². The summed E-state index contributed by atoms with van der Waals surface area (Å²) in [6.07, 6.45) is 8.00. The van der Waals surface area contributed by atoms with Gasteiger partial charge >= 0.3 is 5.97 Å². The molecule has 1 saturated carbocycles. The summed E-state index contributed by atoms with van der Waals surface area (Å²) in [5.74, 6) is -0.151. The van der Waals surface area contributed by atoms with E-state index in [9.17, 15) is 15.2 Å². The Morgan fingerprint density at radius 1 is 1.23 bits per heavy atom. The maximum Gasteiger partial charge on any atom is 0.337 e. The summed E-state index contributed by atoms with van der Waals surface area (Å²) in [5, 5.41) is 26.1. The summed E-state index contributed by atoms with van der Waals surface area (Å²) in [6.45, 7) is 0. The SMILES string of the molecule is N#Cc1ccc(N2N=C3c4ncc(C(=O)O)cc4CCC3C2C2CCCC2)cc1Cl. The first-order valence-corrected chi connectivity index (χ1v) is 10.7. The number of aromatic nitrogens is 1. The fraction of sp³-hybridized carbons (Fsp3) is 0.391. The number of benzene rings is 1. The first kappa shape index (κ1) is 19.1. The van der Waals surface area contributed by atoms with Gasteiger partial charge < -0.3 is 5.11 Å². The molecule has 7 heteroatoms. The third-order valence-corrected chi connectivity index (χ3v) is 6.98. The highest BCUT2D eigenvalue weighted by Gasteiger charge is 2.46. The fourth-order valence-electron chi connectivity index (χ4n) is 5.27. The van der Waals surface area contributed by atoms with Crippen molar-refractivity contribution in [1.82, 2.24) is 4.98 Å². The maximum atomic E-state index is 11.3. The van der Waals surface area contributed by atoms with Crippen molar-refractivity contribution in [3.05, 3.63) is 57.9 Å². The lowest BCUT2D eigenvalue weighted by atomic mass is 9.76. The molecule has 30 heavy (non-hydrogen) atoms. The largest absolute Gasteiger partial charge is 0.478 e. The van der Waals surface area contributed by atoms with Crippen LogP contribution in [0.3, 0.4) is 0 Å². The topological polar surface area (TPSA) is 89.6 Å². The first-order valence-electron chi connectivity index (χ1n) is 10.4. The monoisotopic (exact) mass is 420 g/mol. The van der Waals surface area contributed by atoms with Crippen molar-refractivity contribution in [2.45, 2.75) is 44.6 Å². The second-order valence-corrected chi connectivity index (χ2v) is 8.73. The number of nitrogens with zero attached hydrogens (tertiary/aromatic N) is 4. The summed E-state index contributed by atoms with van der Waals surface area (Å²) in [6, 6.07) is 9.56. The Hall–Kier alpha value is -2.91. The van der Waals surface area contributed by atoms with E-state index in [1.807, 2.05) is 12.1 Å². The zero-order chi connectivity index (χ0) is 20.8. The number of carbonyl (C=O) groups is 1. The molecule has 0 bridgehead atoms. The summed E-state index contributed by atoms with van der Waals surface area (Å²) in [5.41, 5.74) is 4.28. The third-order valence-electron chi connectivity index (χ3n) is 6.66. The normalized spacial score (nSPS) is 22.9. The zero-order valence-corrected chi connectivity index (χ0v) is 17.1. The van der Waals surface area contributed by atoms with Gasteiger partial charge in [-0.2, -0.15) is 10.4 Å². The molecule has 1 aromatic carbocycles. The van der Waals surface area contributed by atoms with E-state index in [4.69, 9.17) is 16.7 Å². The van der Waals surface area contributed by atoms with Gasteiger partial charge in [0.05, 0.1) is 39.3 Å². The maximum absolute atomic E-state index is 11.3. The Morgan fingerprint density at radius 3 is 2.73 bits per heavy atom. The number of pyridine rings is 1. The molecular weight excluding hydrogens is 400 g/mol. The van der Waals surface area contributed by atoms with E-state index >= 15 is 0 Å². The van der Waals surface area contributed by atoms with Crippen molar-refractivity contribution in [1.29, 1.82) is 5.26 Å². The highest BCUT2D eigenvalue weighted by molar-refractivity contribution is 6.32. The second-order valence-electron chi connectivity index (χ2n) is 8.32. The third kappa shape index (κ3) is 3.05. The minimum atomic E-state index is -0.960. The Kier molecular flexibility index (Phi) is 4.71. The number of carboxylic acids is 1. The van der Waals surface area contributed by atoms with Crippen LogP contribution in [0, 0.1) is 23.2 Å². The van der Waals surface area contributed by atoms with E-state index in [2.05, 4.69) is 16.1 Å². The number of hydrogen-bond acceptors (Lipinski definition) is 5. The molecular formula is C23H21ClN4O2. The molecule has 2 aliphatic carbocycles. The lowest BCUT2D eigenvalue weighted by molar-refractivity contribution is 0.0696. The van der Waals surface area contributed by atoms with Crippen LogP contribution < -0.4 is 5.01 Å². The number of aromatic carboxylic acids is 1. The van der Waals surface area contributed by atoms with Crippen LogP contribution in [0.4, 0.5) is 5.69 Å². The number of hydrogen-bond donors (Lipinski definition) is 1. The van der Waals surface area contributed by atoms with Crippen molar-refractivity contribution < 1.29 is 9.90 Å². The highest BCUT2D eigenvalue weighted by Crippen LogP contribution is 2.44. The standard InChI is InChI=1S/C23H21ClN4O2/c24-19-10-17(7-5-15(19)11-25)28-22(13-3-1-2-4-13)18-8-6-14-9-16(23(29)30)12-26-20(14)21(18)27-28/h5,7,9-10,12-13,18,22H,1-4,6,8H2,(H,29,30). The van der Waals surface area contributed by atoms with Gasteiger partial charge in [-0.3, -0.25) is 9.99 Å². The van der Waals surface area contributed by atoms with E-state index in [-0.39, 0.29) is 17.5 Å². The van der Waals surface area contributed by atoms with E-state index in [0.717, 1.165) is 35.5 Å². The van der Waals surface area contributed by atoms with Crippen LogP contribution in [0.15, 0.2) is 35.6 Å². The van der Waals surface area contributed by atoms with E-state index < -0.39 is 5.97 Å². The summed E-state index contributed by atoms with van der Waals surface area (Å²) in [4.78, 5) is 15.9. The fourth-order valence-corrected chi connectivity index (χ4v) is 5.49. The number of anilines is 1. The first-order chi connectivity index (χ1) is 14.6. The quantitative estimate of drug-likeness (QED) is 0.780. The van der Waals surface area contributed by atoms with Gasteiger partial charge in [-0.05, 0) is 61.4 Å². The minimum absolute atomic E-state index is 0.217. The smallest absolute Gasteiger partial charge is 0.337 e. The molecule has 2 heterocycles. The molecule has 152 valence electrons. The number of hydrazone groups is 1. The Balaban J connectivity index is 1.59. The molecule has 1 fully saturated rings. The van der Waals surface area contributed by atoms with Crippen LogP contribution in [0.25, 0.3) is 0 Å². The van der Waals surface area contributed by atoms with Crippen molar-refractivity contribution in [3.8, 4) is 6.07 Å². The number of aryl methyl sites for hydroxylation is 1. The molecule has 2 atom stereocenters. The zero-order valence-electron chi connectivity index (χ0n) is 16.4. The molecule has 6 nitrogen and oxygen atoms in total. The molecule has 0 saturated heterocycles. The average molecular weight is 421 g/mol. The van der Waals surface area contributed by atoms with Crippen LogP contribution in [-0.2, 0) is 6.42 Å². The van der Waals surface area contributed by atoms with Crippen LogP contribution in [0.1, 0.15) is 59.3 Å². The molecule has 0 radical (unpaired) electrons. The summed E-state index contributed by atoms with van der Waals surface area (Å²) in [7, 11) is 0. The number of halogens is 1. The highest BCUT2D eigenvalue weighted by atomic mass is 35.5. The Bertz CT molecular complexity index is 1100. The second kappa shape index (κ2) is 7.41. The van der Waals surface area contributed by atoms with Crippen LogP contribution in [0.2, 0.25) is 5.02 Å². The molecule has 1 aromatic heterocycles. The summed E-state index contributed by atoms with van der Waals surface area (Å²) >= 11 is 6.33. The predicted molar refractivity (Wildman–Crippen MR) is 114 cm³/mol. The number of rotatable bonds is 3. The number of carboxylic acid groups (broad SMARTS) is 1. The lowest BCUT2D eigenvalue weighted by Gasteiger charge is -2.34. The van der Waals surface area contributed by atoms with Gasteiger partial charge in [-0.15, -0.1) is 0 Å². The summed E-state index contributed by atoms with van der Waals surface area (Å²) < 4.78 is 0. The van der Waals surface area contributed by atoms with Gasteiger partial charge in [0.15, 0.2) is 0 Å². The number of nitriles is 1. The molecule has 1 N–H and O–H groups in total. The van der Waals surface area contributed by atoms with Gasteiger partial charge in [-0.1, -0.05) is 24.4 Å². The van der Waals surface area contributed by atoms with E-state index in [0.29, 0.717) is 16.5 Å². The average Bonchev–Trinajstić information content (AvgIpc) is 3.40. The van der Waals surface area contributed by atoms with Gasteiger partial charge in [0, 0.05) is 12.1 Å².